The Morgan fingerprint density at radius 2 is 2.11 bits per heavy atom. The highest BCUT2D eigenvalue weighted by molar-refractivity contribution is 5.75. The van der Waals surface area contributed by atoms with Gasteiger partial charge in [0.15, 0.2) is 0 Å². The van der Waals surface area contributed by atoms with Gasteiger partial charge in [0, 0.05) is 37.6 Å². The second-order valence-corrected chi connectivity index (χ2v) is 7.76. The Labute approximate surface area is 164 Å². The smallest absolute Gasteiger partial charge is 0.317 e. The number of carbonyl (C=O) groups is 1. The maximum atomic E-state index is 13.7. The van der Waals surface area contributed by atoms with E-state index in [-0.39, 0.29) is 17.9 Å². The minimum atomic E-state index is -0.306. The first kappa shape index (κ1) is 18.8. The van der Waals surface area contributed by atoms with Crippen LogP contribution in [-0.4, -0.2) is 40.4 Å². The van der Waals surface area contributed by atoms with E-state index in [0.717, 1.165) is 50.8 Å². The normalized spacial score (nSPS) is 20.2. The van der Waals surface area contributed by atoms with Gasteiger partial charge in [-0.15, -0.1) is 0 Å². The van der Waals surface area contributed by atoms with Crippen molar-refractivity contribution in [3.8, 4) is 5.75 Å². The number of fused-ring (bicyclic) bond motifs is 1. The molecule has 2 aliphatic rings. The summed E-state index contributed by atoms with van der Waals surface area (Å²) in [5, 5.41) is 7.34. The van der Waals surface area contributed by atoms with Crippen molar-refractivity contribution in [1.82, 2.24) is 20.0 Å². The van der Waals surface area contributed by atoms with Gasteiger partial charge in [0.05, 0.1) is 12.6 Å². The van der Waals surface area contributed by atoms with E-state index in [4.69, 9.17) is 4.74 Å². The number of ether oxygens (including phenoxy) is 1. The topological polar surface area (TPSA) is 59.4 Å². The van der Waals surface area contributed by atoms with Gasteiger partial charge < -0.3 is 15.0 Å². The largest absolute Gasteiger partial charge is 0.493 e. The minimum Gasteiger partial charge on any atom is -0.493 e. The van der Waals surface area contributed by atoms with E-state index in [2.05, 4.69) is 16.5 Å². The van der Waals surface area contributed by atoms with E-state index in [1.54, 1.807) is 6.07 Å². The van der Waals surface area contributed by atoms with Crippen molar-refractivity contribution in [3.63, 3.8) is 0 Å². The van der Waals surface area contributed by atoms with Crippen LogP contribution in [0.1, 0.15) is 43.0 Å². The lowest BCUT2D eigenvalue weighted by molar-refractivity contribution is 0.166. The van der Waals surface area contributed by atoms with Gasteiger partial charge >= 0.3 is 6.03 Å². The van der Waals surface area contributed by atoms with Gasteiger partial charge in [0.1, 0.15) is 11.6 Å². The van der Waals surface area contributed by atoms with E-state index < -0.39 is 0 Å². The molecule has 0 aliphatic carbocycles. The molecular formula is C21H27FN4O2. The Balaban J connectivity index is 1.35. The Morgan fingerprint density at radius 1 is 1.29 bits per heavy atom. The van der Waals surface area contributed by atoms with Crippen LogP contribution in [0.25, 0.3) is 0 Å². The molecule has 2 aromatic rings. The van der Waals surface area contributed by atoms with Crippen LogP contribution in [0.2, 0.25) is 0 Å². The molecule has 150 valence electrons. The molecule has 0 spiro atoms. The molecule has 1 aromatic heterocycles. The number of hydrogen-bond donors (Lipinski definition) is 1. The minimum absolute atomic E-state index is 0.0684. The van der Waals surface area contributed by atoms with Crippen LogP contribution >= 0.6 is 0 Å². The van der Waals surface area contributed by atoms with Crippen molar-refractivity contribution >= 4 is 6.03 Å². The number of amides is 2. The zero-order valence-electron chi connectivity index (χ0n) is 16.2. The molecule has 1 aromatic carbocycles. The lowest BCUT2D eigenvalue weighted by Crippen LogP contribution is -2.45. The van der Waals surface area contributed by atoms with Crippen LogP contribution in [0.5, 0.6) is 5.75 Å². The Kier molecular flexibility index (Phi) is 5.50. The fraction of sp³-hybridized carbons (Fsp3) is 0.524. The lowest BCUT2D eigenvalue weighted by Gasteiger charge is -2.33. The zero-order chi connectivity index (χ0) is 19.5. The van der Waals surface area contributed by atoms with Crippen molar-refractivity contribution in [2.45, 2.75) is 38.1 Å². The van der Waals surface area contributed by atoms with Crippen molar-refractivity contribution in [2.75, 3.05) is 19.7 Å². The maximum Gasteiger partial charge on any atom is 0.317 e. The highest BCUT2D eigenvalue weighted by Gasteiger charge is 2.27. The van der Waals surface area contributed by atoms with Gasteiger partial charge in [-0.1, -0.05) is 0 Å². The summed E-state index contributed by atoms with van der Waals surface area (Å²) in [6.07, 6.45) is 6.37. The second-order valence-electron chi connectivity index (χ2n) is 7.76. The molecule has 1 atom stereocenters. The fourth-order valence-corrected chi connectivity index (χ4v) is 4.18. The number of carbonyl (C=O) groups excluding carboxylic acids is 1. The zero-order valence-corrected chi connectivity index (χ0v) is 16.2. The van der Waals surface area contributed by atoms with Gasteiger partial charge in [-0.2, -0.15) is 5.10 Å². The number of hydrogen-bond acceptors (Lipinski definition) is 3. The number of urea groups is 1. The average Bonchev–Trinajstić information content (AvgIpc) is 2.99. The Hall–Kier alpha value is -2.57. The molecule has 0 radical (unpaired) electrons. The number of piperidine rings is 1. The molecule has 3 heterocycles. The van der Waals surface area contributed by atoms with Gasteiger partial charge in [0.2, 0.25) is 0 Å². The number of likely N-dealkylation sites (tertiary alicyclic amines) is 1. The first-order valence-electron chi connectivity index (χ1n) is 10.0. The molecule has 4 rings (SSSR count). The molecule has 6 nitrogen and oxygen atoms in total. The van der Waals surface area contributed by atoms with Crippen LogP contribution in [0.15, 0.2) is 30.5 Å². The van der Waals surface area contributed by atoms with E-state index in [9.17, 15) is 9.18 Å². The SMILES string of the molecule is Cn1nccc1CC1CCN(C(=O)NC2CCCOc3ccc(F)cc32)CC1. The van der Waals surface area contributed by atoms with E-state index in [0.29, 0.717) is 18.3 Å². The third-order valence-electron chi connectivity index (χ3n) is 5.86. The molecule has 0 saturated carbocycles. The van der Waals surface area contributed by atoms with Crippen LogP contribution in [0.3, 0.4) is 0 Å². The predicted octanol–water partition coefficient (Wildman–Crippen LogP) is 3.44. The van der Waals surface area contributed by atoms with E-state index >= 15 is 0 Å². The highest BCUT2D eigenvalue weighted by Crippen LogP contribution is 2.32. The maximum absolute atomic E-state index is 13.7. The summed E-state index contributed by atoms with van der Waals surface area (Å²) in [5.74, 6) is 0.930. The molecule has 2 aliphatic heterocycles. The standard InChI is InChI=1S/C21H27FN4O2/c1-25-17(6-9-23-25)13-15-7-10-26(11-8-15)21(27)24-19-3-2-12-28-20-5-4-16(22)14-18(19)20/h4-6,9,14-15,19H,2-3,7-8,10-13H2,1H3,(H,24,27). The molecule has 28 heavy (non-hydrogen) atoms. The molecule has 1 unspecified atom stereocenters. The second kappa shape index (κ2) is 8.20. The summed E-state index contributed by atoms with van der Waals surface area (Å²) in [6, 6.07) is 6.30. The first-order chi connectivity index (χ1) is 13.6. The first-order valence-corrected chi connectivity index (χ1v) is 10.0. The van der Waals surface area contributed by atoms with E-state index in [1.807, 2.05) is 22.8 Å². The van der Waals surface area contributed by atoms with Crippen molar-refractivity contribution in [2.24, 2.45) is 13.0 Å². The molecular weight excluding hydrogens is 359 g/mol. The Morgan fingerprint density at radius 3 is 2.86 bits per heavy atom. The number of benzene rings is 1. The number of rotatable bonds is 3. The lowest BCUT2D eigenvalue weighted by atomic mass is 9.92. The summed E-state index contributed by atoms with van der Waals surface area (Å²) < 4.78 is 21.4. The third kappa shape index (κ3) is 4.13. The van der Waals surface area contributed by atoms with Gasteiger partial charge in [-0.3, -0.25) is 4.68 Å². The molecule has 1 N–H and O–H groups in total. The molecule has 1 fully saturated rings. The molecule has 2 amide bonds. The summed E-state index contributed by atoms with van der Waals surface area (Å²) in [7, 11) is 1.97. The summed E-state index contributed by atoms with van der Waals surface area (Å²) in [4.78, 5) is 14.7. The van der Waals surface area contributed by atoms with Crippen LogP contribution < -0.4 is 10.1 Å². The predicted molar refractivity (Wildman–Crippen MR) is 104 cm³/mol. The summed E-state index contributed by atoms with van der Waals surface area (Å²) >= 11 is 0. The quantitative estimate of drug-likeness (QED) is 0.879. The molecule has 0 bridgehead atoms. The average molecular weight is 386 g/mol. The Bertz CT molecular complexity index is 830. The van der Waals surface area contributed by atoms with Crippen LogP contribution in [0.4, 0.5) is 9.18 Å². The highest BCUT2D eigenvalue weighted by atomic mass is 19.1. The van der Waals surface area contributed by atoms with Crippen molar-refractivity contribution in [1.29, 1.82) is 0 Å². The third-order valence-corrected chi connectivity index (χ3v) is 5.86. The van der Waals surface area contributed by atoms with Crippen LogP contribution in [0, 0.1) is 11.7 Å². The number of aromatic nitrogens is 2. The summed E-state index contributed by atoms with van der Waals surface area (Å²) in [6.45, 7) is 2.07. The van der Waals surface area contributed by atoms with Gasteiger partial charge in [0.25, 0.3) is 0 Å². The number of halogens is 1. The molecule has 7 heteroatoms. The van der Waals surface area contributed by atoms with Crippen LogP contribution in [-0.2, 0) is 13.5 Å². The van der Waals surface area contributed by atoms with E-state index in [1.165, 1.54) is 17.8 Å². The van der Waals surface area contributed by atoms with Crippen molar-refractivity contribution < 1.29 is 13.9 Å². The number of nitrogens with zero attached hydrogens (tertiary/aromatic N) is 3. The van der Waals surface area contributed by atoms with Gasteiger partial charge in [-0.05, 0) is 62.3 Å². The molecule has 1 saturated heterocycles. The monoisotopic (exact) mass is 386 g/mol. The number of aryl methyl sites for hydroxylation is 1. The van der Waals surface area contributed by atoms with Crippen molar-refractivity contribution in [3.05, 3.63) is 47.5 Å². The summed E-state index contributed by atoms with van der Waals surface area (Å²) in [5.41, 5.74) is 1.97. The number of nitrogens with one attached hydrogen (secondary N) is 1. The van der Waals surface area contributed by atoms with Gasteiger partial charge in [-0.25, -0.2) is 9.18 Å². The fourth-order valence-electron chi connectivity index (χ4n) is 4.18.